The van der Waals surface area contributed by atoms with Gasteiger partial charge in [0, 0.05) is 17.7 Å². The molecule has 5 heteroatoms. The van der Waals surface area contributed by atoms with Crippen LogP contribution in [0.25, 0.3) is 0 Å². The lowest BCUT2D eigenvalue weighted by Gasteiger charge is -1.98. The maximum Gasteiger partial charge on any atom is 0.208 e. The Morgan fingerprint density at radius 2 is 2.12 bits per heavy atom. The standard InChI is InChI=1S/C12H13N3OS/c1-9-13-12(15-14-9)17-8-7-11(16)10-5-3-2-4-6-10/h2-6H,7-8H2,1H3,(H,13,14,15). The van der Waals surface area contributed by atoms with Crippen LogP contribution in [0.3, 0.4) is 0 Å². The Kier molecular flexibility index (Phi) is 3.93. The third-order valence-electron chi connectivity index (χ3n) is 2.23. The second kappa shape index (κ2) is 5.63. The first-order chi connectivity index (χ1) is 8.25. The molecule has 0 amide bonds. The summed E-state index contributed by atoms with van der Waals surface area (Å²) < 4.78 is 0. The topological polar surface area (TPSA) is 58.6 Å². The van der Waals surface area contributed by atoms with E-state index in [1.807, 2.05) is 37.3 Å². The summed E-state index contributed by atoms with van der Waals surface area (Å²) in [4.78, 5) is 15.9. The SMILES string of the molecule is Cc1nc(SCCC(=O)c2ccccc2)n[nH]1. The zero-order valence-electron chi connectivity index (χ0n) is 9.51. The number of hydrogen-bond donors (Lipinski definition) is 1. The average molecular weight is 247 g/mol. The molecule has 0 saturated heterocycles. The van der Waals surface area contributed by atoms with Gasteiger partial charge in [0.15, 0.2) is 5.78 Å². The minimum atomic E-state index is 0.158. The summed E-state index contributed by atoms with van der Waals surface area (Å²) in [5.74, 6) is 1.65. The molecule has 0 saturated carbocycles. The highest BCUT2D eigenvalue weighted by atomic mass is 32.2. The minimum Gasteiger partial charge on any atom is -0.294 e. The Morgan fingerprint density at radius 1 is 1.35 bits per heavy atom. The van der Waals surface area contributed by atoms with E-state index >= 15 is 0 Å². The first-order valence-corrected chi connectivity index (χ1v) is 6.34. The minimum absolute atomic E-state index is 0.158. The summed E-state index contributed by atoms with van der Waals surface area (Å²) in [6, 6.07) is 9.33. The number of H-pyrrole nitrogens is 1. The van der Waals surface area contributed by atoms with E-state index in [4.69, 9.17) is 0 Å². The van der Waals surface area contributed by atoms with Gasteiger partial charge in [0.2, 0.25) is 5.16 Å². The number of Topliss-reactive ketones (excluding diaryl/α,β-unsaturated/α-hetero) is 1. The van der Waals surface area contributed by atoms with E-state index in [1.165, 1.54) is 11.8 Å². The smallest absolute Gasteiger partial charge is 0.208 e. The molecule has 88 valence electrons. The summed E-state index contributed by atoms with van der Waals surface area (Å²) in [7, 11) is 0. The van der Waals surface area contributed by atoms with E-state index in [2.05, 4.69) is 15.2 Å². The molecule has 0 spiro atoms. The van der Waals surface area contributed by atoms with Gasteiger partial charge in [-0.25, -0.2) is 4.98 Å². The Balaban J connectivity index is 1.81. The van der Waals surface area contributed by atoms with Gasteiger partial charge in [0.1, 0.15) is 5.82 Å². The van der Waals surface area contributed by atoms with Crippen LogP contribution in [0, 0.1) is 6.92 Å². The largest absolute Gasteiger partial charge is 0.294 e. The molecule has 4 nitrogen and oxygen atoms in total. The van der Waals surface area contributed by atoms with E-state index < -0.39 is 0 Å². The molecular weight excluding hydrogens is 234 g/mol. The number of nitrogens with zero attached hydrogens (tertiary/aromatic N) is 2. The van der Waals surface area contributed by atoms with Gasteiger partial charge in [-0.3, -0.25) is 9.89 Å². The summed E-state index contributed by atoms with van der Waals surface area (Å²) in [5.41, 5.74) is 0.763. The van der Waals surface area contributed by atoms with Gasteiger partial charge >= 0.3 is 0 Å². The van der Waals surface area contributed by atoms with Crippen molar-refractivity contribution in [1.82, 2.24) is 15.2 Å². The van der Waals surface area contributed by atoms with Gasteiger partial charge in [-0.2, -0.15) is 0 Å². The van der Waals surface area contributed by atoms with Crippen LogP contribution in [0.15, 0.2) is 35.5 Å². The van der Waals surface area contributed by atoms with Crippen LogP contribution >= 0.6 is 11.8 Å². The molecule has 17 heavy (non-hydrogen) atoms. The van der Waals surface area contributed by atoms with Gasteiger partial charge in [0.05, 0.1) is 0 Å². The molecule has 0 unspecified atom stereocenters. The molecule has 0 aliphatic carbocycles. The lowest BCUT2D eigenvalue weighted by atomic mass is 10.1. The Labute approximate surface area is 104 Å². The number of aryl methyl sites for hydroxylation is 1. The Hall–Kier alpha value is -1.62. The van der Waals surface area contributed by atoms with Crippen molar-refractivity contribution in [3.63, 3.8) is 0 Å². The van der Waals surface area contributed by atoms with Crippen LogP contribution in [0.2, 0.25) is 0 Å². The predicted octanol–water partition coefficient (Wildman–Crippen LogP) is 2.48. The number of aromatic amines is 1. The molecule has 0 aliphatic rings. The molecule has 0 aliphatic heterocycles. The number of carbonyl (C=O) groups excluding carboxylic acids is 1. The maximum absolute atomic E-state index is 11.8. The van der Waals surface area contributed by atoms with Gasteiger partial charge in [-0.1, -0.05) is 42.1 Å². The molecule has 0 bridgehead atoms. The number of rotatable bonds is 5. The third kappa shape index (κ3) is 3.42. The van der Waals surface area contributed by atoms with Gasteiger partial charge < -0.3 is 0 Å². The van der Waals surface area contributed by atoms with Gasteiger partial charge in [-0.15, -0.1) is 5.10 Å². The monoisotopic (exact) mass is 247 g/mol. The zero-order valence-corrected chi connectivity index (χ0v) is 10.3. The van der Waals surface area contributed by atoms with E-state index in [0.29, 0.717) is 17.3 Å². The van der Waals surface area contributed by atoms with E-state index in [-0.39, 0.29) is 5.78 Å². The first-order valence-electron chi connectivity index (χ1n) is 5.36. The number of carbonyl (C=O) groups is 1. The highest BCUT2D eigenvalue weighted by molar-refractivity contribution is 7.99. The number of thioether (sulfide) groups is 1. The van der Waals surface area contributed by atoms with Crippen LogP contribution in [0.5, 0.6) is 0 Å². The lowest BCUT2D eigenvalue weighted by Crippen LogP contribution is -2.00. The van der Waals surface area contributed by atoms with Crippen molar-refractivity contribution in [2.24, 2.45) is 0 Å². The van der Waals surface area contributed by atoms with E-state index in [0.717, 1.165) is 11.4 Å². The highest BCUT2D eigenvalue weighted by Gasteiger charge is 2.06. The Bertz CT molecular complexity index is 495. The summed E-state index contributed by atoms with van der Waals surface area (Å²) in [6.45, 7) is 1.85. The molecule has 0 fully saturated rings. The number of hydrogen-bond acceptors (Lipinski definition) is 4. The Morgan fingerprint density at radius 3 is 2.76 bits per heavy atom. The van der Waals surface area contributed by atoms with Gasteiger partial charge in [-0.05, 0) is 6.92 Å². The molecule has 2 rings (SSSR count). The normalized spacial score (nSPS) is 10.4. The molecule has 0 radical (unpaired) electrons. The number of benzene rings is 1. The highest BCUT2D eigenvalue weighted by Crippen LogP contribution is 2.14. The first kappa shape index (κ1) is 11.9. The van der Waals surface area contributed by atoms with E-state index in [9.17, 15) is 4.79 Å². The number of aromatic nitrogens is 3. The molecule has 2 aromatic rings. The number of ketones is 1. The second-order valence-corrected chi connectivity index (χ2v) is 4.65. The fraction of sp³-hybridized carbons (Fsp3) is 0.250. The van der Waals surface area contributed by atoms with Crippen molar-refractivity contribution in [3.05, 3.63) is 41.7 Å². The van der Waals surface area contributed by atoms with Crippen molar-refractivity contribution in [1.29, 1.82) is 0 Å². The van der Waals surface area contributed by atoms with E-state index in [1.54, 1.807) is 0 Å². The fourth-order valence-electron chi connectivity index (χ4n) is 1.39. The molecule has 1 aromatic carbocycles. The van der Waals surface area contributed by atoms with Gasteiger partial charge in [0.25, 0.3) is 0 Å². The summed E-state index contributed by atoms with van der Waals surface area (Å²) in [5, 5.41) is 7.47. The van der Waals surface area contributed by atoms with Crippen LogP contribution in [0.4, 0.5) is 0 Å². The van der Waals surface area contributed by atoms with Crippen molar-refractivity contribution in [3.8, 4) is 0 Å². The van der Waals surface area contributed by atoms with Crippen LogP contribution in [0.1, 0.15) is 22.6 Å². The summed E-state index contributed by atoms with van der Waals surface area (Å²) in [6.07, 6.45) is 0.502. The molecule has 1 heterocycles. The van der Waals surface area contributed by atoms with Crippen LogP contribution < -0.4 is 0 Å². The molecule has 1 aromatic heterocycles. The maximum atomic E-state index is 11.8. The molecule has 0 atom stereocenters. The molecule has 1 N–H and O–H groups in total. The number of nitrogens with one attached hydrogen (secondary N) is 1. The average Bonchev–Trinajstić information content (AvgIpc) is 2.76. The van der Waals surface area contributed by atoms with Crippen LogP contribution in [-0.2, 0) is 0 Å². The van der Waals surface area contributed by atoms with Crippen molar-refractivity contribution in [2.45, 2.75) is 18.5 Å². The third-order valence-corrected chi connectivity index (χ3v) is 3.08. The summed E-state index contributed by atoms with van der Waals surface area (Å²) >= 11 is 1.49. The second-order valence-electron chi connectivity index (χ2n) is 3.59. The lowest BCUT2D eigenvalue weighted by molar-refractivity contribution is 0.0989. The quantitative estimate of drug-likeness (QED) is 0.651. The predicted molar refractivity (Wildman–Crippen MR) is 67.2 cm³/mol. The van der Waals surface area contributed by atoms with Crippen molar-refractivity contribution in [2.75, 3.05) is 5.75 Å². The van der Waals surface area contributed by atoms with Crippen molar-refractivity contribution >= 4 is 17.5 Å². The molecular formula is C12H13N3OS. The van der Waals surface area contributed by atoms with Crippen LogP contribution in [-0.4, -0.2) is 26.7 Å². The van der Waals surface area contributed by atoms with Crippen molar-refractivity contribution < 1.29 is 4.79 Å². The zero-order chi connectivity index (χ0) is 12.1. The fourth-order valence-corrected chi connectivity index (χ4v) is 2.17.